The number of nitrogens with one attached hydrogen (secondary N) is 1. The SMILES string of the molecule is Pn1c2ccccc2c2ccc3c4ccccc4n(-c4ccc5c(ccc6ccc7c(c65)NC(c5ccccc5)S7)c4)c3c21. The third kappa shape index (κ3) is 3.33. The molecule has 2 aromatic heterocycles. The molecule has 0 bridgehead atoms. The number of hydrogen-bond donors (Lipinski definition) is 1. The predicted molar refractivity (Wildman–Crippen MR) is 193 cm³/mol. The first-order valence-corrected chi connectivity index (χ1v) is 16.3. The van der Waals surface area contributed by atoms with E-state index in [-0.39, 0.29) is 5.37 Å². The van der Waals surface area contributed by atoms with Gasteiger partial charge in [0, 0.05) is 37.5 Å². The highest BCUT2D eigenvalue weighted by molar-refractivity contribution is 8.00. The molecular formula is C39H26N3PS. The Labute approximate surface area is 260 Å². The summed E-state index contributed by atoms with van der Waals surface area (Å²) < 4.78 is 4.75. The normalized spacial score (nSPS) is 14.8. The van der Waals surface area contributed by atoms with Crippen molar-refractivity contribution in [2.75, 3.05) is 5.32 Å². The molecule has 0 fully saturated rings. The summed E-state index contributed by atoms with van der Waals surface area (Å²) in [6, 6.07) is 48.9. The lowest BCUT2D eigenvalue weighted by Crippen LogP contribution is -2.01. The first-order valence-electron chi connectivity index (χ1n) is 14.9. The standard InChI is InChI=1S/C39H26N3PS/c43-42-33-13-7-5-11-29(33)31-20-19-30-28-10-4-6-12-32(28)41(37(30)38(31)42)26-17-18-27-25(22-26)15-14-23-16-21-34-36(35(23)27)40-39(44-34)24-8-2-1-3-9-24/h1-22,39-40H,43H2. The molecule has 1 N–H and O–H groups in total. The molecule has 0 saturated carbocycles. The smallest absolute Gasteiger partial charge is 0.103 e. The Morgan fingerprint density at radius 1 is 0.568 bits per heavy atom. The van der Waals surface area contributed by atoms with Gasteiger partial charge in [0.15, 0.2) is 0 Å². The highest BCUT2D eigenvalue weighted by atomic mass is 32.2. The Kier molecular flexibility index (Phi) is 5.11. The van der Waals surface area contributed by atoms with Crippen LogP contribution in [0.1, 0.15) is 10.9 Å². The summed E-state index contributed by atoms with van der Waals surface area (Å²) in [6.45, 7) is 0. The van der Waals surface area contributed by atoms with Crippen LogP contribution in [0, 0.1) is 0 Å². The number of thioether (sulfide) groups is 1. The minimum atomic E-state index is 0.213. The number of para-hydroxylation sites is 2. The summed E-state index contributed by atoms with van der Waals surface area (Å²) in [5.41, 5.74) is 8.61. The summed E-state index contributed by atoms with van der Waals surface area (Å²) in [7, 11) is 2.98. The molecule has 1 aliphatic rings. The number of rotatable bonds is 2. The second-order valence-corrected chi connectivity index (χ2v) is 13.3. The molecule has 9 aromatic rings. The van der Waals surface area contributed by atoms with Crippen LogP contribution in [0.15, 0.2) is 138 Å². The predicted octanol–water partition coefficient (Wildman–Crippen LogP) is 11.1. The lowest BCUT2D eigenvalue weighted by atomic mass is 9.99. The van der Waals surface area contributed by atoms with Gasteiger partial charge in [-0.25, -0.2) is 0 Å². The molecule has 7 aromatic carbocycles. The third-order valence-corrected chi connectivity index (χ3v) is 11.1. The van der Waals surface area contributed by atoms with E-state index >= 15 is 0 Å². The second-order valence-electron chi connectivity index (χ2n) is 11.7. The summed E-state index contributed by atoms with van der Waals surface area (Å²) in [4.78, 5) is 1.31. The average molecular weight is 600 g/mol. The fourth-order valence-corrected chi connectivity index (χ4v) is 9.01. The molecule has 0 aliphatic carbocycles. The Morgan fingerprint density at radius 2 is 1.23 bits per heavy atom. The Hall–Kier alpha value is -4.76. The van der Waals surface area contributed by atoms with E-state index in [1.54, 1.807) is 0 Å². The number of aromatic nitrogens is 2. The third-order valence-electron chi connectivity index (χ3n) is 9.33. The molecule has 5 heteroatoms. The number of nitrogens with zero attached hydrogens (tertiary/aromatic N) is 2. The number of anilines is 1. The van der Waals surface area contributed by atoms with E-state index in [1.165, 1.54) is 87.0 Å². The number of benzene rings is 7. The molecule has 2 atom stereocenters. The lowest BCUT2D eigenvalue weighted by Gasteiger charge is -2.14. The van der Waals surface area contributed by atoms with Crippen LogP contribution < -0.4 is 5.32 Å². The van der Waals surface area contributed by atoms with Crippen molar-refractivity contribution in [2.24, 2.45) is 0 Å². The quantitative estimate of drug-likeness (QED) is 0.158. The van der Waals surface area contributed by atoms with Crippen molar-refractivity contribution in [3.63, 3.8) is 0 Å². The van der Waals surface area contributed by atoms with Crippen LogP contribution in [0.25, 0.3) is 70.8 Å². The van der Waals surface area contributed by atoms with Crippen molar-refractivity contribution >= 4 is 92.0 Å². The highest BCUT2D eigenvalue weighted by Crippen LogP contribution is 2.51. The molecule has 208 valence electrons. The summed E-state index contributed by atoms with van der Waals surface area (Å²) in [5, 5.41) is 14.2. The molecule has 3 nitrogen and oxygen atoms in total. The minimum absolute atomic E-state index is 0.213. The van der Waals surface area contributed by atoms with Crippen molar-refractivity contribution in [3.8, 4) is 5.69 Å². The van der Waals surface area contributed by atoms with E-state index in [4.69, 9.17) is 0 Å². The summed E-state index contributed by atoms with van der Waals surface area (Å²) in [6.07, 6.45) is 0. The van der Waals surface area contributed by atoms with Gasteiger partial charge in [-0.05, 0) is 61.4 Å². The monoisotopic (exact) mass is 599 g/mol. The molecule has 1 aliphatic heterocycles. The molecule has 0 saturated heterocycles. The first-order chi connectivity index (χ1) is 21.7. The van der Waals surface area contributed by atoms with Crippen LogP contribution in [0.5, 0.6) is 0 Å². The van der Waals surface area contributed by atoms with Gasteiger partial charge >= 0.3 is 0 Å². The van der Waals surface area contributed by atoms with Crippen LogP contribution in [-0.4, -0.2) is 8.90 Å². The second kappa shape index (κ2) is 9.12. The number of fused-ring (bicyclic) bond motifs is 12. The van der Waals surface area contributed by atoms with E-state index in [2.05, 4.69) is 157 Å². The molecule has 44 heavy (non-hydrogen) atoms. The average Bonchev–Trinajstić information content (AvgIpc) is 3.75. The number of hydrogen-bond acceptors (Lipinski definition) is 2. The van der Waals surface area contributed by atoms with Crippen molar-refractivity contribution in [2.45, 2.75) is 10.3 Å². The van der Waals surface area contributed by atoms with Gasteiger partial charge in [0.25, 0.3) is 0 Å². The Morgan fingerprint density at radius 3 is 2.07 bits per heavy atom. The summed E-state index contributed by atoms with van der Waals surface area (Å²) in [5.74, 6) is 0. The van der Waals surface area contributed by atoms with Crippen LogP contribution in [0.4, 0.5) is 5.69 Å². The van der Waals surface area contributed by atoms with E-state index in [1.807, 2.05) is 11.8 Å². The van der Waals surface area contributed by atoms with Gasteiger partial charge in [0.1, 0.15) is 5.37 Å². The van der Waals surface area contributed by atoms with Crippen molar-refractivity contribution in [1.82, 2.24) is 8.90 Å². The van der Waals surface area contributed by atoms with Crippen molar-refractivity contribution in [3.05, 3.63) is 139 Å². The van der Waals surface area contributed by atoms with Crippen molar-refractivity contribution in [1.29, 1.82) is 0 Å². The topological polar surface area (TPSA) is 21.9 Å². The highest BCUT2D eigenvalue weighted by Gasteiger charge is 2.26. The maximum absolute atomic E-state index is 3.87. The molecule has 0 radical (unpaired) electrons. The zero-order chi connectivity index (χ0) is 28.9. The Bertz CT molecular complexity index is 2630. The fraction of sp³-hybridized carbons (Fsp3) is 0.0256. The van der Waals surface area contributed by atoms with Crippen LogP contribution in [0.2, 0.25) is 0 Å². The Balaban J connectivity index is 1.24. The van der Waals surface area contributed by atoms with Crippen LogP contribution >= 0.6 is 21.2 Å². The van der Waals surface area contributed by atoms with Crippen LogP contribution in [0.3, 0.4) is 0 Å². The fourth-order valence-electron chi connectivity index (χ4n) is 7.37. The molecule has 0 amide bonds. The maximum Gasteiger partial charge on any atom is 0.103 e. The van der Waals surface area contributed by atoms with Gasteiger partial charge in [-0.3, -0.25) is 0 Å². The van der Waals surface area contributed by atoms with Gasteiger partial charge in [0.05, 0.1) is 27.8 Å². The molecular weight excluding hydrogens is 573 g/mol. The first kappa shape index (κ1) is 24.7. The molecule has 0 spiro atoms. The summed E-state index contributed by atoms with van der Waals surface area (Å²) >= 11 is 1.90. The van der Waals surface area contributed by atoms with Gasteiger partial charge in [-0.2, -0.15) is 0 Å². The van der Waals surface area contributed by atoms with E-state index in [0.29, 0.717) is 0 Å². The zero-order valence-electron chi connectivity index (χ0n) is 23.7. The minimum Gasteiger partial charge on any atom is -0.368 e. The molecule has 2 unspecified atom stereocenters. The van der Waals surface area contributed by atoms with Crippen molar-refractivity contribution < 1.29 is 0 Å². The lowest BCUT2D eigenvalue weighted by molar-refractivity contribution is 1.14. The van der Waals surface area contributed by atoms with Gasteiger partial charge in [0.2, 0.25) is 0 Å². The van der Waals surface area contributed by atoms with E-state index < -0.39 is 0 Å². The van der Waals surface area contributed by atoms with Gasteiger partial charge < -0.3 is 14.2 Å². The molecule has 10 rings (SSSR count). The van der Waals surface area contributed by atoms with E-state index in [0.717, 1.165) is 0 Å². The zero-order valence-corrected chi connectivity index (χ0v) is 25.6. The maximum atomic E-state index is 3.87. The van der Waals surface area contributed by atoms with Gasteiger partial charge in [-0.15, -0.1) is 0 Å². The van der Waals surface area contributed by atoms with E-state index in [9.17, 15) is 0 Å². The largest absolute Gasteiger partial charge is 0.368 e. The molecule has 3 heterocycles. The van der Waals surface area contributed by atoms with Crippen LogP contribution in [-0.2, 0) is 0 Å². The van der Waals surface area contributed by atoms with Gasteiger partial charge in [-0.1, -0.05) is 115 Å².